The zero-order valence-corrected chi connectivity index (χ0v) is 23.6. The van der Waals surface area contributed by atoms with Crippen LogP contribution in [0.1, 0.15) is 5.56 Å². The second-order valence-electron chi connectivity index (χ2n) is 10.7. The Morgan fingerprint density at radius 2 is 0.833 bits per heavy atom. The largest absolute Gasteiger partial charge is 0.310 e. The fourth-order valence-electron chi connectivity index (χ4n) is 5.80. The van der Waals surface area contributed by atoms with Crippen LogP contribution in [0, 0.1) is 6.92 Å². The summed E-state index contributed by atoms with van der Waals surface area (Å²) in [5.41, 5.74) is 12.0. The first-order chi connectivity index (χ1) is 20.7. The number of para-hydroxylation sites is 1. The molecule has 0 amide bonds. The van der Waals surface area contributed by atoms with Crippen molar-refractivity contribution in [3.05, 3.63) is 175 Å². The molecule has 0 heterocycles. The molecule has 0 bridgehead atoms. The summed E-state index contributed by atoms with van der Waals surface area (Å²) in [6.07, 6.45) is 0. The molecule has 0 saturated carbocycles. The highest BCUT2D eigenvalue weighted by atomic mass is 15.1. The van der Waals surface area contributed by atoms with E-state index in [2.05, 4.69) is 182 Å². The average Bonchev–Trinajstić information content (AvgIpc) is 3.07. The van der Waals surface area contributed by atoms with E-state index < -0.39 is 0 Å². The van der Waals surface area contributed by atoms with Crippen molar-refractivity contribution in [3.8, 4) is 33.4 Å². The van der Waals surface area contributed by atoms with Crippen LogP contribution in [0.15, 0.2) is 170 Å². The van der Waals surface area contributed by atoms with Crippen LogP contribution in [0.3, 0.4) is 0 Å². The lowest BCUT2D eigenvalue weighted by Crippen LogP contribution is -2.11. The molecule has 0 saturated heterocycles. The van der Waals surface area contributed by atoms with Crippen molar-refractivity contribution in [2.24, 2.45) is 0 Å². The Morgan fingerprint density at radius 3 is 1.48 bits per heavy atom. The van der Waals surface area contributed by atoms with Gasteiger partial charge in [-0.25, -0.2) is 0 Å². The molecule has 7 rings (SSSR count). The minimum absolute atomic E-state index is 1.13. The van der Waals surface area contributed by atoms with Crippen molar-refractivity contribution in [1.82, 2.24) is 0 Å². The molecule has 200 valence electrons. The summed E-state index contributed by atoms with van der Waals surface area (Å²) in [4.78, 5) is 2.34. The number of hydrogen-bond donors (Lipinski definition) is 0. The monoisotopic (exact) mass is 537 g/mol. The Kier molecular flexibility index (Phi) is 6.84. The van der Waals surface area contributed by atoms with Gasteiger partial charge in [0.2, 0.25) is 0 Å². The van der Waals surface area contributed by atoms with E-state index >= 15 is 0 Å². The number of nitrogens with zero attached hydrogens (tertiary/aromatic N) is 1. The van der Waals surface area contributed by atoms with Gasteiger partial charge in [0.05, 0.1) is 0 Å². The molecule has 0 atom stereocenters. The Bertz CT molecular complexity index is 1950. The van der Waals surface area contributed by atoms with Crippen molar-refractivity contribution in [3.63, 3.8) is 0 Å². The summed E-state index contributed by atoms with van der Waals surface area (Å²) in [6.45, 7) is 2.17. The predicted octanol–water partition coefficient (Wildman–Crippen LogP) is 11.6. The Labute approximate surface area is 248 Å². The minimum Gasteiger partial charge on any atom is -0.310 e. The molecule has 0 unspecified atom stereocenters. The maximum Gasteiger partial charge on any atom is 0.0490 e. The second-order valence-corrected chi connectivity index (χ2v) is 10.7. The molecule has 0 N–H and O–H groups in total. The van der Waals surface area contributed by atoms with E-state index in [-0.39, 0.29) is 0 Å². The Balaban J connectivity index is 1.21. The van der Waals surface area contributed by atoms with Crippen LogP contribution in [0.2, 0.25) is 0 Å². The zero-order chi connectivity index (χ0) is 28.3. The predicted molar refractivity (Wildman–Crippen MR) is 180 cm³/mol. The number of fused-ring (bicyclic) bond motifs is 1. The van der Waals surface area contributed by atoms with Crippen LogP contribution in [-0.2, 0) is 0 Å². The zero-order valence-electron chi connectivity index (χ0n) is 23.6. The van der Waals surface area contributed by atoms with E-state index in [1.165, 1.54) is 55.4 Å². The highest BCUT2D eigenvalue weighted by Crippen LogP contribution is 2.38. The number of aryl methyl sites for hydroxylation is 1. The normalized spacial score (nSPS) is 11.0. The fraction of sp³-hybridized carbons (Fsp3) is 0.0244. The summed E-state index contributed by atoms with van der Waals surface area (Å²) < 4.78 is 0. The second kappa shape index (κ2) is 11.2. The average molecular weight is 538 g/mol. The van der Waals surface area contributed by atoms with E-state index in [1.54, 1.807) is 0 Å². The lowest BCUT2D eigenvalue weighted by atomic mass is 9.96. The molecule has 0 spiro atoms. The minimum atomic E-state index is 1.13. The molecule has 42 heavy (non-hydrogen) atoms. The molecule has 7 aromatic rings. The number of benzene rings is 7. The number of hydrogen-bond acceptors (Lipinski definition) is 1. The van der Waals surface area contributed by atoms with Gasteiger partial charge in [0.1, 0.15) is 0 Å². The Hall–Kier alpha value is -5.40. The van der Waals surface area contributed by atoms with E-state index in [9.17, 15) is 0 Å². The first-order valence-corrected chi connectivity index (χ1v) is 14.4. The highest BCUT2D eigenvalue weighted by molar-refractivity contribution is 5.96. The molecule has 1 heteroatoms. The molecule has 0 aliphatic heterocycles. The molecule has 7 aromatic carbocycles. The first kappa shape index (κ1) is 25.6. The van der Waals surface area contributed by atoms with Gasteiger partial charge in [-0.15, -0.1) is 0 Å². The molecule has 0 fully saturated rings. The van der Waals surface area contributed by atoms with Gasteiger partial charge < -0.3 is 4.90 Å². The third-order valence-corrected chi connectivity index (χ3v) is 8.03. The molecular formula is C41H31N. The van der Waals surface area contributed by atoms with Crippen LogP contribution >= 0.6 is 0 Å². The van der Waals surface area contributed by atoms with Gasteiger partial charge in [-0.1, -0.05) is 140 Å². The summed E-state index contributed by atoms with van der Waals surface area (Å²) >= 11 is 0. The molecule has 0 aromatic heterocycles. The van der Waals surface area contributed by atoms with Gasteiger partial charge in [0.25, 0.3) is 0 Å². The van der Waals surface area contributed by atoms with E-state index in [0.717, 1.165) is 11.4 Å². The maximum atomic E-state index is 2.34. The summed E-state index contributed by atoms with van der Waals surface area (Å²) in [5.74, 6) is 0. The standard InChI is InChI=1S/C41H31N/c1-30-10-5-8-17-41(30)42(37-26-22-33(23-27-37)31-11-3-2-4-12-31)38-28-24-34(25-29-38)32-18-20-36(21-19-32)40-16-9-14-35-13-6-7-15-39(35)40/h2-29H,1H3. The van der Waals surface area contributed by atoms with E-state index in [4.69, 9.17) is 0 Å². The van der Waals surface area contributed by atoms with E-state index in [1.807, 2.05) is 0 Å². The van der Waals surface area contributed by atoms with Crippen molar-refractivity contribution in [1.29, 1.82) is 0 Å². The van der Waals surface area contributed by atoms with Crippen LogP contribution in [-0.4, -0.2) is 0 Å². The summed E-state index contributed by atoms with van der Waals surface area (Å²) in [7, 11) is 0. The van der Waals surface area contributed by atoms with Crippen molar-refractivity contribution in [2.75, 3.05) is 4.90 Å². The first-order valence-electron chi connectivity index (χ1n) is 14.4. The van der Waals surface area contributed by atoms with Crippen molar-refractivity contribution >= 4 is 27.8 Å². The molecule has 1 nitrogen and oxygen atoms in total. The van der Waals surface area contributed by atoms with Gasteiger partial charge in [0.15, 0.2) is 0 Å². The molecule has 0 radical (unpaired) electrons. The van der Waals surface area contributed by atoms with Crippen molar-refractivity contribution in [2.45, 2.75) is 6.92 Å². The van der Waals surface area contributed by atoms with Gasteiger partial charge in [-0.05, 0) is 87.0 Å². The quantitative estimate of drug-likeness (QED) is 0.204. The smallest absolute Gasteiger partial charge is 0.0490 e. The van der Waals surface area contributed by atoms with Crippen LogP contribution in [0.25, 0.3) is 44.2 Å². The van der Waals surface area contributed by atoms with Gasteiger partial charge >= 0.3 is 0 Å². The fourth-order valence-corrected chi connectivity index (χ4v) is 5.80. The van der Waals surface area contributed by atoms with Crippen LogP contribution in [0.4, 0.5) is 17.1 Å². The van der Waals surface area contributed by atoms with Gasteiger partial charge in [0, 0.05) is 17.1 Å². The van der Waals surface area contributed by atoms with Crippen molar-refractivity contribution < 1.29 is 0 Å². The Morgan fingerprint density at radius 1 is 0.357 bits per heavy atom. The lowest BCUT2D eigenvalue weighted by Gasteiger charge is -2.27. The maximum absolute atomic E-state index is 2.34. The summed E-state index contributed by atoms with van der Waals surface area (Å²) in [5, 5.41) is 2.55. The molecular weight excluding hydrogens is 506 g/mol. The number of anilines is 3. The third kappa shape index (κ3) is 4.98. The van der Waals surface area contributed by atoms with Crippen LogP contribution in [0.5, 0.6) is 0 Å². The lowest BCUT2D eigenvalue weighted by molar-refractivity contribution is 1.25. The van der Waals surface area contributed by atoms with Gasteiger partial charge in [-0.2, -0.15) is 0 Å². The highest BCUT2D eigenvalue weighted by Gasteiger charge is 2.15. The topological polar surface area (TPSA) is 3.24 Å². The third-order valence-electron chi connectivity index (χ3n) is 8.03. The molecule has 0 aliphatic carbocycles. The van der Waals surface area contributed by atoms with Gasteiger partial charge in [-0.3, -0.25) is 0 Å². The SMILES string of the molecule is Cc1ccccc1N(c1ccc(-c2ccccc2)cc1)c1ccc(-c2ccc(-c3cccc4ccccc34)cc2)cc1. The van der Waals surface area contributed by atoms with Crippen LogP contribution < -0.4 is 4.90 Å². The summed E-state index contributed by atoms with van der Waals surface area (Å²) in [6, 6.07) is 60.9. The number of rotatable bonds is 6. The molecule has 0 aliphatic rings. The van der Waals surface area contributed by atoms with E-state index in [0.29, 0.717) is 0 Å².